The molecule has 3 aliphatic rings. The Morgan fingerprint density at radius 1 is 1.19 bits per heavy atom. The van der Waals surface area contributed by atoms with E-state index in [1.807, 2.05) is 0 Å². The Kier molecular flexibility index (Phi) is 4.34. The molecule has 164 valence electrons. The number of likely N-dealkylation sites (N-methyl/N-ethyl adjacent to an activating group) is 1. The van der Waals surface area contributed by atoms with Crippen molar-refractivity contribution in [1.82, 2.24) is 5.32 Å². The number of fused-ring (bicyclic) bond motifs is 3. The molecule has 1 aromatic rings. The summed E-state index contributed by atoms with van der Waals surface area (Å²) in [5.74, 6) is -7.99. The van der Waals surface area contributed by atoms with Gasteiger partial charge in [-0.15, -0.1) is 0 Å². The van der Waals surface area contributed by atoms with Gasteiger partial charge in [-0.25, -0.2) is 0 Å². The number of phenolic OH excluding ortho intramolecular Hbond substituents is 1. The molecule has 0 bridgehead atoms. The van der Waals surface area contributed by atoms with E-state index >= 15 is 0 Å². The van der Waals surface area contributed by atoms with Crippen LogP contribution in [-0.4, -0.2) is 61.7 Å². The van der Waals surface area contributed by atoms with Crippen LogP contribution in [0.3, 0.4) is 0 Å². The number of aromatic hydroxyl groups is 1. The molecule has 3 aliphatic carbocycles. The zero-order valence-corrected chi connectivity index (χ0v) is 16.7. The Hall–Kier alpha value is -3.21. The summed E-state index contributed by atoms with van der Waals surface area (Å²) in [6, 6.07) is 2.95. The number of nitrogens with one attached hydrogen (secondary N) is 1. The van der Waals surface area contributed by atoms with E-state index in [1.165, 1.54) is 32.2 Å². The number of amides is 1. The fourth-order valence-corrected chi connectivity index (χ4v) is 5.27. The van der Waals surface area contributed by atoms with E-state index in [0.29, 0.717) is 0 Å². The lowest BCUT2D eigenvalue weighted by Gasteiger charge is -2.52. The van der Waals surface area contributed by atoms with E-state index in [9.17, 15) is 39.9 Å². The quantitative estimate of drug-likeness (QED) is 0.297. The maximum atomic E-state index is 13.5. The van der Waals surface area contributed by atoms with Gasteiger partial charge in [-0.05, 0) is 32.0 Å². The number of aliphatic hydroxyl groups is 4. The van der Waals surface area contributed by atoms with Crippen LogP contribution in [0.1, 0.15) is 24.5 Å². The summed E-state index contributed by atoms with van der Waals surface area (Å²) >= 11 is 0. The highest BCUT2D eigenvalue weighted by Crippen LogP contribution is 2.56. The molecule has 0 unspecified atom stereocenters. The van der Waals surface area contributed by atoms with Crippen molar-refractivity contribution < 1.29 is 39.9 Å². The van der Waals surface area contributed by atoms with Gasteiger partial charge in [0, 0.05) is 17.4 Å². The van der Waals surface area contributed by atoms with E-state index in [4.69, 9.17) is 5.73 Å². The fraction of sp³-hybridized carbons (Fsp3) is 0.381. The number of ketones is 2. The first-order chi connectivity index (χ1) is 14.4. The van der Waals surface area contributed by atoms with Gasteiger partial charge in [-0.3, -0.25) is 14.4 Å². The molecule has 0 aliphatic heterocycles. The average Bonchev–Trinajstić information content (AvgIpc) is 2.68. The van der Waals surface area contributed by atoms with Crippen LogP contribution >= 0.6 is 0 Å². The summed E-state index contributed by atoms with van der Waals surface area (Å²) in [4.78, 5) is 38.1. The Balaban J connectivity index is 2.04. The van der Waals surface area contributed by atoms with Crippen LogP contribution in [0.5, 0.6) is 5.75 Å². The van der Waals surface area contributed by atoms with Crippen molar-refractivity contribution in [2.24, 2.45) is 17.6 Å². The molecule has 0 heterocycles. The molecule has 10 nitrogen and oxygen atoms in total. The minimum Gasteiger partial charge on any atom is -0.508 e. The number of nitrogens with two attached hydrogens (primary N) is 1. The molecular weight excluding hydrogens is 408 g/mol. The molecule has 0 radical (unpaired) electrons. The highest BCUT2D eigenvalue weighted by Gasteiger charge is 2.66. The largest absolute Gasteiger partial charge is 0.508 e. The lowest BCUT2D eigenvalue weighted by molar-refractivity contribution is -0.155. The smallest absolute Gasteiger partial charge is 0.255 e. The molecule has 0 aromatic heterocycles. The van der Waals surface area contributed by atoms with E-state index in [-0.39, 0.29) is 17.5 Å². The van der Waals surface area contributed by atoms with Gasteiger partial charge in [-0.2, -0.15) is 0 Å². The Morgan fingerprint density at radius 3 is 2.42 bits per heavy atom. The highest BCUT2D eigenvalue weighted by atomic mass is 16.3. The van der Waals surface area contributed by atoms with Crippen molar-refractivity contribution >= 4 is 23.2 Å². The number of phenols is 1. The van der Waals surface area contributed by atoms with Crippen LogP contribution in [0, 0.1) is 11.8 Å². The predicted octanol–water partition coefficient (Wildman–Crippen LogP) is -0.713. The van der Waals surface area contributed by atoms with Crippen LogP contribution in [0.2, 0.25) is 0 Å². The number of hydrogen-bond acceptors (Lipinski definition) is 9. The average molecular weight is 430 g/mol. The highest BCUT2D eigenvalue weighted by molar-refractivity contribution is 6.24. The molecule has 1 saturated carbocycles. The number of rotatable bonds is 2. The summed E-state index contributed by atoms with van der Waals surface area (Å²) < 4.78 is 0. The first-order valence-corrected chi connectivity index (χ1v) is 9.61. The van der Waals surface area contributed by atoms with Gasteiger partial charge >= 0.3 is 0 Å². The van der Waals surface area contributed by atoms with Crippen molar-refractivity contribution in [3.05, 3.63) is 46.2 Å². The van der Waals surface area contributed by atoms with Crippen molar-refractivity contribution in [1.29, 1.82) is 0 Å². The molecule has 8 N–H and O–H groups in total. The molecule has 1 fully saturated rings. The topological polar surface area (TPSA) is 190 Å². The zero-order valence-electron chi connectivity index (χ0n) is 16.7. The normalized spacial score (nSPS) is 34.9. The molecule has 1 amide bonds. The van der Waals surface area contributed by atoms with Gasteiger partial charge in [0.05, 0.1) is 17.2 Å². The van der Waals surface area contributed by atoms with E-state index in [1.54, 1.807) is 0 Å². The van der Waals surface area contributed by atoms with Gasteiger partial charge in [0.25, 0.3) is 5.91 Å². The molecule has 4 rings (SSSR count). The third-order valence-corrected chi connectivity index (χ3v) is 6.81. The Morgan fingerprint density at radius 2 is 1.84 bits per heavy atom. The second-order valence-electron chi connectivity index (χ2n) is 8.32. The number of carbonyl (C=O) groups is 3. The zero-order chi connectivity index (χ0) is 23.0. The van der Waals surface area contributed by atoms with Crippen molar-refractivity contribution in [2.75, 3.05) is 7.05 Å². The van der Waals surface area contributed by atoms with Crippen molar-refractivity contribution in [2.45, 2.75) is 30.6 Å². The van der Waals surface area contributed by atoms with Crippen LogP contribution in [-0.2, 0) is 20.0 Å². The molecule has 1 aromatic carbocycles. The summed E-state index contributed by atoms with van der Waals surface area (Å²) in [6.45, 7) is 1.39. The number of aliphatic hydroxyl groups excluding tert-OH is 2. The molecule has 10 heteroatoms. The van der Waals surface area contributed by atoms with Crippen molar-refractivity contribution in [3.8, 4) is 5.75 Å². The number of Topliss-reactive ketones (excluding diaryl/α,β-unsaturated/α-hetero) is 2. The minimum absolute atomic E-state index is 0.165. The third-order valence-electron chi connectivity index (χ3n) is 6.81. The number of primary amides is 1. The predicted molar refractivity (Wildman–Crippen MR) is 105 cm³/mol. The van der Waals surface area contributed by atoms with E-state index < -0.39 is 75.0 Å². The number of benzene rings is 1. The van der Waals surface area contributed by atoms with Crippen LogP contribution in [0.25, 0.3) is 5.76 Å². The van der Waals surface area contributed by atoms with Gasteiger partial charge in [0.15, 0.2) is 11.4 Å². The molecule has 5 atom stereocenters. The Labute approximate surface area is 176 Å². The maximum absolute atomic E-state index is 13.5. The lowest BCUT2D eigenvalue weighted by atomic mass is 9.54. The summed E-state index contributed by atoms with van der Waals surface area (Å²) in [5, 5.41) is 57.2. The fourth-order valence-electron chi connectivity index (χ4n) is 5.27. The minimum atomic E-state index is -2.75. The summed E-state index contributed by atoms with van der Waals surface area (Å²) in [7, 11) is 1.38. The summed E-state index contributed by atoms with van der Waals surface area (Å²) in [6.07, 6.45) is -0.211. The number of hydrogen-bond donors (Lipinski definition) is 7. The third kappa shape index (κ3) is 2.40. The van der Waals surface area contributed by atoms with Gasteiger partial charge in [0.1, 0.15) is 22.8 Å². The van der Waals surface area contributed by atoms with Crippen LogP contribution in [0.4, 0.5) is 0 Å². The molecule has 0 spiro atoms. The van der Waals surface area contributed by atoms with Crippen molar-refractivity contribution in [3.63, 3.8) is 0 Å². The molecule has 31 heavy (non-hydrogen) atoms. The first-order valence-electron chi connectivity index (χ1n) is 9.61. The van der Waals surface area contributed by atoms with E-state index in [0.717, 1.165) is 0 Å². The SMILES string of the molecule is CN[C@@H]1C(=O)C(C(N)=O)=C(O)[C@@]2(O)C(=O)C3=C(O)c4c(O)cccc4[C@@](C)(O)[C@H]3C[C@@H]12. The first kappa shape index (κ1) is 21.0. The van der Waals surface area contributed by atoms with Gasteiger partial charge in [0.2, 0.25) is 5.78 Å². The second-order valence-corrected chi connectivity index (χ2v) is 8.32. The van der Waals surface area contributed by atoms with Crippen LogP contribution < -0.4 is 11.1 Å². The standard InChI is InChI=1S/C21H22N2O8/c1-20(30)7-4-3-5-10(24)11(7)15(25)12-8(20)6-9-14(23-2)16(26)13(19(22)29)18(28)21(9,31)17(12)27/h3-5,8-9,14,23-25,28,30-31H,6H2,1-2H3,(H2,22,29)/t8-,9-,14-,20+,21-/m0/s1. The monoisotopic (exact) mass is 430 g/mol. The van der Waals surface area contributed by atoms with E-state index in [2.05, 4.69) is 5.32 Å². The number of carbonyl (C=O) groups excluding carboxylic acids is 3. The van der Waals surface area contributed by atoms with Gasteiger partial charge in [-0.1, -0.05) is 12.1 Å². The second kappa shape index (κ2) is 6.39. The molecular formula is C21H22N2O8. The molecule has 0 saturated heterocycles. The van der Waals surface area contributed by atoms with Crippen LogP contribution in [0.15, 0.2) is 35.1 Å². The summed E-state index contributed by atoms with van der Waals surface area (Å²) in [5.41, 5.74) is -0.636. The maximum Gasteiger partial charge on any atom is 0.255 e. The van der Waals surface area contributed by atoms with Gasteiger partial charge < -0.3 is 36.6 Å². The lowest BCUT2D eigenvalue weighted by Crippen LogP contribution is -2.66. The Bertz CT molecular complexity index is 1120.